The van der Waals surface area contributed by atoms with E-state index >= 15 is 0 Å². The molecular formula is C23H38O3. The summed E-state index contributed by atoms with van der Waals surface area (Å²) in [5.41, 5.74) is 1.70. The van der Waals surface area contributed by atoms with Crippen LogP contribution in [0.15, 0.2) is 11.6 Å². The van der Waals surface area contributed by atoms with Gasteiger partial charge in [-0.05, 0) is 81.4 Å². The highest BCUT2D eigenvalue weighted by Gasteiger charge is 2.58. The monoisotopic (exact) mass is 364 g/mol. The summed E-state index contributed by atoms with van der Waals surface area (Å²) in [6.45, 7) is 8.18. The minimum Gasteiger partial charge on any atom is -0.466 e. The smallest absolute Gasteiger partial charge is 0.312 e. The van der Waals surface area contributed by atoms with Gasteiger partial charge in [0.1, 0.15) is 0 Å². The van der Waals surface area contributed by atoms with Crippen molar-refractivity contribution in [1.82, 2.24) is 0 Å². The summed E-state index contributed by atoms with van der Waals surface area (Å²) in [5, 5.41) is 0. The van der Waals surface area contributed by atoms with E-state index in [-0.39, 0.29) is 24.9 Å². The van der Waals surface area contributed by atoms with Gasteiger partial charge in [-0.1, -0.05) is 31.9 Å². The minimum absolute atomic E-state index is 0.0644. The molecule has 0 amide bonds. The molecule has 26 heavy (non-hydrogen) atoms. The molecule has 0 N–H and O–H groups in total. The van der Waals surface area contributed by atoms with Crippen molar-refractivity contribution in [2.45, 2.75) is 79.0 Å². The molecule has 0 spiro atoms. The van der Waals surface area contributed by atoms with Gasteiger partial charge in [0.25, 0.3) is 0 Å². The topological polar surface area (TPSA) is 35.5 Å². The third-order valence-corrected chi connectivity index (χ3v) is 8.00. The average molecular weight is 365 g/mol. The van der Waals surface area contributed by atoms with Crippen LogP contribution in [0.4, 0.5) is 0 Å². The number of hydrogen-bond acceptors (Lipinski definition) is 3. The molecule has 0 aliphatic heterocycles. The van der Waals surface area contributed by atoms with Gasteiger partial charge >= 0.3 is 5.97 Å². The molecule has 148 valence electrons. The molecule has 3 rings (SSSR count). The number of esters is 1. The number of carbonyl (C=O) groups is 1. The van der Waals surface area contributed by atoms with Gasteiger partial charge in [0, 0.05) is 15.1 Å². The Morgan fingerprint density at radius 1 is 1.31 bits per heavy atom. The highest BCUT2D eigenvalue weighted by Crippen LogP contribution is 2.64. The Balaban J connectivity index is 1.84. The SMILES string of the molecule is [3H]CCOC(=O)[C@]1(C)CCC[C@@]2(C)C3=CC[C@](C)(CCOC)CC3CCC12. The van der Waals surface area contributed by atoms with Gasteiger partial charge in [0.2, 0.25) is 0 Å². The molecule has 3 aliphatic rings. The Bertz CT molecular complexity index is 588. The molecule has 0 heterocycles. The van der Waals surface area contributed by atoms with Gasteiger partial charge in [-0.3, -0.25) is 4.79 Å². The quantitative estimate of drug-likeness (QED) is 0.475. The Kier molecular flexibility index (Phi) is 5.20. The molecule has 0 radical (unpaired) electrons. The normalized spacial score (nSPS) is 42.9. The first kappa shape index (κ1) is 18.5. The van der Waals surface area contributed by atoms with E-state index < -0.39 is 5.41 Å². The number of rotatable bonds is 5. The van der Waals surface area contributed by atoms with Gasteiger partial charge in [-0.2, -0.15) is 0 Å². The lowest BCUT2D eigenvalue weighted by Crippen LogP contribution is -2.53. The number of ether oxygens (including phenoxy) is 2. The van der Waals surface area contributed by atoms with Gasteiger partial charge in [0.05, 0.1) is 12.0 Å². The second kappa shape index (κ2) is 7.30. The van der Waals surface area contributed by atoms with Crippen LogP contribution in [0.1, 0.15) is 80.4 Å². The lowest BCUT2D eigenvalue weighted by Gasteiger charge is -2.58. The highest BCUT2D eigenvalue weighted by atomic mass is 16.5. The first-order valence-electron chi connectivity index (χ1n) is 11.2. The number of fused-ring (bicyclic) bond motifs is 3. The van der Waals surface area contributed by atoms with Gasteiger partial charge < -0.3 is 9.47 Å². The molecule has 0 aromatic carbocycles. The molecular weight excluding hydrogens is 324 g/mol. The molecule has 2 unspecified atom stereocenters. The maximum Gasteiger partial charge on any atom is 0.312 e. The Hall–Kier alpha value is -0.830. The van der Waals surface area contributed by atoms with Crippen LogP contribution in [0.5, 0.6) is 0 Å². The van der Waals surface area contributed by atoms with Crippen LogP contribution in [-0.2, 0) is 14.3 Å². The van der Waals surface area contributed by atoms with Crippen molar-refractivity contribution in [2.24, 2.45) is 28.1 Å². The molecule has 3 aliphatic carbocycles. The fourth-order valence-corrected chi connectivity index (χ4v) is 6.55. The molecule has 3 heteroatoms. The summed E-state index contributed by atoms with van der Waals surface area (Å²) in [4.78, 5) is 12.9. The molecule has 5 atom stereocenters. The summed E-state index contributed by atoms with van der Waals surface area (Å²) in [5.74, 6) is 0.960. The first-order valence-corrected chi connectivity index (χ1v) is 10.4. The van der Waals surface area contributed by atoms with E-state index in [1.54, 1.807) is 12.7 Å². The summed E-state index contributed by atoms with van der Waals surface area (Å²) < 4.78 is 18.1. The second-order valence-electron chi connectivity index (χ2n) is 9.77. The summed E-state index contributed by atoms with van der Waals surface area (Å²) in [6.07, 6.45) is 11.6. The van der Waals surface area contributed by atoms with Crippen molar-refractivity contribution in [1.29, 1.82) is 0 Å². The molecule has 2 saturated carbocycles. The lowest BCUT2D eigenvalue weighted by atomic mass is 9.46. The van der Waals surface area contributed by atoms with Crippen LogP contribution in [-0.4, -0.2) is 26.3 Å². The van der Waals surface area contributed by atoms with Crippen LogP contribution >= 0.6 is 0 Å². The van der Waals surface area contributed by atoms with Crippen LogP contribution in [0.2, 0.25) is 0 Å². The van der Waals surface area contributed by atoms with E-state index in [1.165, 1.54) is 19.3 Å². The second-order valence-corrected chi connectivity index (χ2v) is 9.77. The third kappa shape index (κ3) is 3.25. The van der Waals surface area contributed by atoms with Gasteiger partial charge in [0.15, 0.2) is 0 Å². The summed E-state index contributed by atoms with van der Waals surface area (Å²) >= 11 is 0. The minimum atomic E-state index is -0.398. The summed E-state index contributed by atoms with van der Waals surface area (Å²) in [6, 6.07) is 0. The van der Waals surface area contributed by atoms with Crippen LogP contribution in [0.3, 0.4) is 0 Å². The zero-order valence-electron chi connectivity index (χ0n) is 18.2. The number of methoxy groups -OCH3 is 1. The van der Waals surface area contributed by atoms with E-state index in [2.05, 4.69) is 26.8 Å². The van der Waals surface area contributed by atoms with Crippen molar-refractivity contribution in [3.63, 3.8) is 0 Å². The standard InChI is InChI=1S/C23H38O3/c1-6-26-20(24)23(4)12-7-11-22(3)18-10-13-21(2,14-15-25-5)16-17(18)8-9-19(22)23/h10,17,19H,6-9,11-16H2,1-5H3/t17?,19?,21-,22+,23-/m1/s1/i1T. The molecule has 0 bridgehead atoms. The predicted octanol–water partition coefficient (Wildman–Crippen LogP) is 5.54. The Morgan fingerprint density at radius 3 is 2.85 bits per heavy atom. The highest BCUT2D eigenvalue weighted by molar-refractivity contribution is 5.77. The Morgan fingerprint density at radius 2 is 2.12 bits per heavy atom. The fourth-order valence-electron chi connectivity index (χ4n) is 6.55. The van der Waals surface area contributed by atoms with Gasteiger partial charge in [-0.25, -0.2) is 0 Å². The van der Waals surface area contributed by atoms with Crippen LogP contribution < -0.4 is 0 Å². The lowest BCUT2D eigenvalue weighted by molar-refractivity contribution is -0.167. The zero-order chi connectivity index (χ0) is 19.7. The largest absolute Gasteiger partial charge is 0.466 e. The molecule has 0 aromatic heterocycles. The Labute approximate surface area is 161 Å². The molecule has 3 nitrogen and oxygen atoms in total. The van der Waals surface area contributed by atoms with E-state index in [0.717, 1.165) is 38.7 Å². The maximum absolute atomic E-state index is 12.9. The van der Waals surface area contributed by atoms with E-state index in [9.17, 15) is 4.79 Å². The van der Waals surface area contributed by atoms with Crippen LogP contribution in [0, 0.1) is 28.1 Å². The number of carbonyl (C=O) groups excluding carboxylic acids is 1. The third-order valence-electron chi connectivity index (χ3n) is 8.00. The van der Waals surface area contributed by atoms with Gasteiger partial charge in [-0.15, -0.1) is 0 Å². The maximum atomic E-state index is 12.9. The fraction of sp³-hybridized carbons (Fsp3) is 0.870. The van der Waals surface area contributed by atoms with E-state index in [4.69, 9.17) is 10.8 Å². The van der Waals surface area contributed by atoms with Crippen molar-refractivity contribution in [3.05, 3.63) is 11.6 Å². The van der Waals surface area contributed by atoms with Crippen molar-refractivity contribution < 1.29 is 15.6 Å². The first-order chi connectivity index (χ1) is 12.8. The van der Waals surface area contributed by atoms with Crippen molar-refractivity contribution in [2.75, 3.05) is 20.3 Å². The molecule has 0 saturated heterocycles. The number of hydrogen-bond donors (Lipinski definition) is 0. The van der Waals surface area contributed by atoms with E-state index in [0.29, 0.717) is 17.3 Å². The average Bonchev–Trinajstić information content (AvgIpc) is 2.64. The van der Waals surface area contributed by atoms with Crippen molar-refractivity contribution >= 4 is 5.97 Å². The van der Waals surface area contributed by atoms with E-state index in [1.807, 2.05) is 0 Å². The van der Waals surface area contributed by atoms with Crippen molar-refractivity contribution in [3.8, 4) is 0 Å². The summed E-state index contributed by atoms with van der Waals surface area (Å²) in [7, 11) is 1.79. The number of allylic oxidation sites excluding steroid dienone is 2. The molecule has 0 aromatic rings. The molecule has 2 fully saturated rings. The van der Waals surface area contributed by atoms with Crippen LogP contribution in [0.25, 0.3) is 0 Å². The zero-order valence-corrected chi connectivity index (χ0v) is 17.2. The predicted molar refractivity (Wildman–Crippen MR) is 105 cm³/mol.